The Morgan fingerprint density at radius 3 is 2.44 bits per heavy atom. The number of rotatable bonds is 5. The molecule has 1 saturated carbocycles. The van der Waals surface area contributed by atoms with Gasteiger partial charge in [0.2, 0.25) is 0 Å². The van der Waals surface area contributed by atoms with Crippen molar-refractivity contribution in [3.63, 3.8) is 0 Å². The lowest BCUT2D eigenvalue weighted by molar-refractivity contribution is -0.131. The summed E-state index contributed by atoms with van der Waals surface area (Å²) in [4.78, 5) is 10.7. The Morgan fingerprint density at radius 1 is 1.33 bits per heavy atom. The molecule has 1 fully saturated rings. The fourth-order valence-electron chi connectivity index (χ4n) is 2.07. The van der Waals surface area contributed by atoms with Crippen molar-refractivity contribution in [2.75, 3.05) is 6.61 Å². The molecule has 96 valence electrons. The zero-order chi connectivity index (χ0) is 13.1. The molecule has 0 amide bonds. The van der Waals surface area contributed by atoms with E-state index in [2.05, 4.69) is 6.07 Å². The molecule has 2 rings (SSSR count). The Labute approximate surface area is 107 Å². The minimum absolute atomic E-state index is 0.375. The standard InChI is InChI=1S/C15H18O3/c1-10-5-11(2)7-14(6-10)18-9-13(8-15(16)17)12-3-4-12/h5-8,12H,3-4,9H2,1-2H3,(H,16,17)/b13-8-. The second-order valence-corrected chi connectivity index (χ2v) is 4.94. The third-order valence-corrected chi connectivity index (χ3v) is 3.01. The second kappa shape index (κ2) is 5.25. The monoisotopic (exact) mass is 246 g/mol. The van der Waals surface area contributed by atoms with E-state index in [0.717, 1.165) is 35.3 Å². The summed E-state index contributed by atoms with van der Waals surface area (Å²) in [6, 6.07) is 6.03. The van der Waals surface area contributed by atoms with E-state index in [9.17, 15) is 4.79 Å². The van der Waals surface area contributed by atoms with E-state index in [4.69, 9.17) is 9.84 Å². The predicted octanol–water partition coefficient (Wildman–Crippen LogP) is 3.10. The first-order valence-electron chi connectivity index (χ1n) is 6.19. The number of benzene rings is 1. The molecule has 0 radical (unpaired) electrons. The van der Waals surface area contributed by atoms with Crippen molar-refractivity contribution in [2.45, 2.75) is 26.7 Å². The van der Waals surface area contributed by atoms with Gasteiger partial charge in [-0.15, -0.1) is 0 Å². The van der Waals surface area contributed by atoms with Gasteiger partial charge < -0.3 is 9.84 Å². The molecule has 1 aliphatic carbocycles. The van der Waals surface area contributed by atoms with Gasteiger partial charge in [0, 0.05) is 6.08 Å². The molecule has 0 heterocycles. The van der Waals surface area contributed by atoms with Crippen LogP contribution in [0, 0.1) is 19.8 Å². The zero-order valence-corrected chi connectivity index (χ0v) is 10.8. The first-order chi connectivity index (χ1) is 8.54. The Morgan fingerprint density at radius 2 is 1.94 bits per heavy atom. The molecule has 0 aliphatic heterocycles. The molecule has 1 N–H and O–H groups in total. The second-order valence-electron chi connectivity index (χ2n) is 4.94. The zero-order valence-electron chi connectivity index (χ0n) is 10.8. The van der Waals surface area contributed by atoms with E-state index in [1.807, 2.05) is 26.0 Å². The third-order valence-electron chi connectivity index (χ3n) is 3.01. The van der Waals surface area contributed by atoms with Crippen LogP contribution >= 0.6 is 0 Å². The normalized spacial score (nSPS) is 15.6. The molecular weight excluding hydrogens is 228 g/mol. The van der Waals surface area contributed by atoms with E-state index in [1.54, 1.807) is 0 Å². The fourth-order valence-corrected chi connectivity index (χ4v) is 2.07. The van der Waals surface area contributed by atoms with Crippen LogP contribution in [-0.4, -0.2) is 17.7 Å². The summed E-state index contributed by atoms with van der Waals surface area (Å²) in [5.74, 6) is 0.331. The van der Waals surface area contributed by atoms with Gasteiger partial charge in [0.1, 0.15) is 12.4 Å². The largest absolute Gasteiger partial charge is 0.489 e. The lowest BCUT2D eigenvalue weighted by atomic mass is 10.1. The molecule has 0 saturated heterocycles. The molecule has 1 aromatic rings. The van der Waals surface area contributed by atoms with Gasteiger partial charge in [0.15, 0.2) is 0 Å². The van der Waals surface area contributed by atoms with Crippen LogP contribution in [-0.2, 0) is 4.79 Å². The minimum Gasteiger partial charge on any atom is -0.489 e. The molecule has 0 spiro atoms. The van der Waals surface area contributed by atoms with Crippen molar-refractivity contribution in [1.82, 2.24) is 0 Å². The highest BCUT2D eigenvalue weighted by atomic mass is 16.5. The number of carboxylic acids is 1. The van der Waals surface area contributed by atoms with Crippen molar-refractivity contribution in [2.24, 2.45) is 5.92 Å². The maximum atomic E-state index is 10.7. The molecule has 3 heteroatoms. The van der Waals surface area contributed by atoms with Crippen LogP contribution in [0.3, 0.4) is 0 Å². The molecule has 0 aromatic heterocycles. The van der Waals surface area contributed by atoms with Gasteiger partial charge in [0.25, 0.3) is 0 Å². The number of aryl methyl sites for hydroxylation is 2. The van der Waals surface area contributed by atoms with Crippen LogP contribution in [0.4, 0.5) is 0 Å². The van der Waals surface area contributed by atoms with Crippen molar-refractivity contribution < 1.29 is 14.6 Å². The number of ether oxygens (including phenoxy) is 1. The highest BCUT2D eigenvalue weighted by molar-refractivity contribution is 5.80. The summed E-state index contributed by atoms with van der Waals surface area (Å²) in [7, 11) is 0. The summed E-state index contributed by atoms with van der Waals surface area (Å²) in [6.07, 6.45) is 3.45. The molecule has 0 atom stereocenters. The van der Waals surface area contributed by atoms with Crippen molar-refractivity contribution in [3.8, 4) is 5.75 Å². The van der Waals surface area contributed by atoms with Crippen LogP contribution in [0.25, 0.3) is 0 Å². The number of aliphatic carboxylic acids is 1. The number of carbonyl (C=O) groups is 1. The van der Waals surface area contributed by atoms with Gasteiger partial charge in [-0.1, -0.05) is 6.07 Å². The topological polar surface area (TPSA) is 46.5 Å². The Balaban J connectivity index is 2.03. The van der Waals surface area contributed by atoms with Gasteiger partial charge in [-0.05, 0) is 61.4 Å². The average Bonchev–Trinajstić information content (AvgIpc) is 3.06. The first-order valence-corrected chi connectivity index (χ1v) is 6.19. The van der Waals surface area contributed by atoms with Crippen molar-refractivity contribution >= 4 is 5.97 Å². The SMILES string of the molecule is Cc1cc(C)cc(OC/C(=C/C(=O)O)C2CC2)c1. The van der Waals surface area contributed by atoms with Crippen LogP contribution in [0.5, 0.6) is 5.75 Å². The van der Waals surface area contributed by atoms with Gasteiger partial charge >= 0.3 is 5.97 Å². The molecule has 0 bridgehead atoms. The number of hydrogen-bond acceptors (Lipinski definition) is 2. The smallest absolute Gasteiger partial charge is 0.328 e. The average molecular weight is 246 g/mol. The predicted molar refractivity (Wildman–Crippen MR) is 69.9 cm³/mol. The van der Waals surface area contributed by atoms with Crippen LogP contribution < -0.4 is 4.74 Å². The summed E-state index contributed by atoms with van der Waals surface area (Å²) in [5.41, 5.74) is 3.20. The minimum atomic E-state index is -0.888. The summed E-state index contributed by atoms with van der Waals surface area (Å²) in [5, 5.41) is 8.81. The van der Waals surface area contributed by atoms with E-state index in [1.165, 1.54) is 6.08 Å². The van der Waals surface area contributed by atoms with Crippen molar-refractivity contribution in [1.29, 1.82) is 0 Å². The van der Waals surface area contributed by atoms with E-state index in [-0.39, 0.29) is 0 Å². The molecule has 0 unspecified atom stereocenters. The Bertz CT molecular complexity index is 464. The van der Waals surface area contributed by atoms with Crippen LogP contribution in [0.1, 0.15) is 24.0 Å². The highest BCUT2D eigenvalue weighted by Gasteiger charge is 2.26. The summed E-state index contributed by atoms with van der Waals surface area (Å²) >= 11 is 0. The van der Waals surface area contributed by atoms with Crippen LogP contribution in [0.15, 0.2) is 29.8 Å². The van der Waals surface area contributed by atoms with Gasteiger partial charge in [0.05, 0.1) is 0 Å². The Hall–Kier alpha value is -1.77. The molecule has 1 aliphatic rings. The van der Waals surface area contributed by atoms with Crippen LogP contribution in [0.2, 0.25) is 0 Å². The van der Waals surface area contributed by atoms with Gasteiger partial charge in [-0.3, -0.25) is 0 Å². The fraction of sp³-hybridized carbons (Fsp3) is 0.400. The summed E-state index contributed by atoms with van der Waals surface area (Å²) < 4.78 is 5.70. The lowest BCUT2D eigenvalue weighted by Gasteiger charge is -2.10. The lowest BCUT2D eigenvalue weighted by Crippen LogP contribution is -2.06. The molecule has 3 nitrogen and oxygen atoms in total. The maximum absolute atomic E-state index is 10.7. The van der Waals surface area contributed by atoms with E-state index < -0.39 is 5.97 Å². The van der Waals surface area contributed by atoms with Gasteiger partial charge in [-0.25, -0.2) is 4.79 Å². The van der Waals surface area contributed by atoms with E-state index in [0.29, 0.717) is 12.5 Å². The highest BCUT2D eigenvalue weighted by Crippen LogP contribution is 2.36. The Kier molecular flexibility index (Phi) is 3.70. The number of hydrogen-bond donors (Lipinski definition) is 1. The van der Waals surface area contributed by atoms with Crippen molar-refractivity contribution in [3.05, 3.63) is 41.0 Å². The molecular formula is C15H18O3. The third kappa shape index (κ3) is 3.62. The number of carboxylic acid groups (broad SMARTS) is 1. The maximum Gasteiger partial charge on any atom is 0.328 e. The molecule has 1 aromatic carbocycles. The van der Waals surface area contributed by atoms with Gasteiger partial charge in [-0.2, -0.15) is 0 Å². The first kappa shape index (κ1) is 12.7. The quantitative estimate of drug-likeness (QED) is 0.812. The summed E-state index contributed by atoms with van der Waals surface area (Å²) in [6.45, 7) is 4.42. The molecule has 18 heavy (non-hydrogen) atoms. The van der Waals surface area contributed by atoms with E-state index >= 15 is 0 Å².